The molecule has 0 atom stereocenters. The van der Waals surface area contributed by atoms with Gasteiger partial charge in [0.15, 0.2) is 0 Å². The Balaban J connectivity index is 2.24. The van der Waals surface area contributed by atoms with Gasteiger partial charge in [0.25, 0.3) is 0 Å². The van der Waals surface area contributed by atoms with E-state index in [2.05, 4.69) is 15.9 Å². The number of hydrogen-bond donors (Lipinski definition) is 1. The van der Waals surface area contributed by atoms with Crippen LogP contribution in [-0.4, -0.2) is 5.92 Å². The maximum Gasteiger partial charge on any atom is 0.248 e. The molecule has 1 aromatic carbocycles. The van der Waals surface area contributed by atoms with Gasteiger partial charge in [0.05, 0.1) is 0 Å². The Labute approximate surface area is 109 Å². The number of benzene rings is 1. The van der Waals surface area contributed by atoms with E-state index < -0.39 is 5.92 Å². The molecule has 0 amide bonds. The quantitative estimate of drug-likeness (QED) is 0.752. The fraction of sp³-hybridized carbons (Fsp3) is 0.538. The van der Waals surface area contributed by atoms with E-state index in [4.69, 9.17) is 5.73 Å². The van der Waals surface area contributed by atoms with Crippen molar-refractivity contribution in [3.05, 3.63) is 27.7 Å². The number of aryl methyl sites for hydroxylation is 1. The van der Waals surface area contributed by atoms with E-state index in [-0.39, 0.29) is 18.8 Å². The minimum atomic E-state index is -2.48. The molecular formula is C13H16BrF2N. The number of anilines is 1. The standard InChI is InChI=1S/C13H16BrF2N/c1-8-6-10(14)7-11(12(8)17)9-2-4-13(15,16)5-3-9/h6-7,9H,2-5,17H2,1H3. The molecule has 1 aromatic rings. The van der Waals surface area contributed by atoms with Gasteiger partial charge in [0.2, 0.25) is 5.92 Å². The average Bonchev–Trinajstić information content (AvgIpc) is 2.24. The second-order valence-electron chi connectivity index (χ2n) is 4.86. The summed E-state index contributed by atoms with van der Waals surface area (Å²) in [5, 5.41) is 0. The van der Waals surface area contributed by atoms with Crippen LogP contribution in [0.25, 0.3) is 0 Å². The minimum Gasteiger partial charge on any atom is -0.398 e. The van der Waals surface area contributed by atoms with Crippen LogP contribution in [0, 0.1) is 6.92 Å². The first-order chi connectivity index (χ1) is 7.89. The van der Waals surface area contributed by atoms with Gasteiger partial charge in [-0.2, -0.15) is 0 Å². The summed E-state index contributed by atoms with van der Waals surface area (Å²) in [4.78, 5) is 0. The molecule has 0 unspecified atom stereocenters. The van der Waals surface area contributed by atoms with E-state index in [9.17, 15) is 8.78 Å². The van der Waals surface area contributed by atoms with Crippen molar-refractivity contribution in [2.24, 2.45) is 0 Å². The molecule has 0 saturated heterocycles. The van der Waals surface area contributed by atoms with Crippen molar-refractivity contribution in [1.29, 1.82) is 0 Å². The van der Waals surface area contributed by atoms with E-state index in [0.717, 1.165) is 21.3 Å². The summed E-state index contributed by atoms with van der Waals surface area (Å²) in [6.45, 7) is 1.95. The van der Waals surface area contributed by atoms with Crippen LogP contribution in [0.15, 0.2) is 16.6 Å². The maximum atomic E-state index is 13.1. The minimum absolute atomic E-state index is 0.0251. The molecule has 1 aliphatic rings. The number of alkyl halides is 2. The molecular weight excluding hydrogens is 288 g/mol. The summed E-state index contributed by atoms with van der Waals surface area (Å²) in [6.07, 6.45) is 0.992. The zero-order valence-corrected chi connectivity index (χ0v) is 11.4. The first kappa shape index (κ1) is 12.8. The van der Waals surface area contributed by atoms with Gasteiger partial charge in [0.1, 0.15) is 0 Å². The fourth-order valence-corrected chi connectivity index (χ4v) is 3.06. The molecule has 94 valence electrons. The second-order valence-corrected chi connectivity index (χ2v) is 5.77. The van der Waals surface area contributed by atoms with Gasteiger partial charge >= 0.3 is 0 Å². The lowest BCUT2D eigenvalue weighted by atomic mass is 9.81. The number of halogens is 3. The van der Waals surface area contributed by atoms with E-state index in [1.54, 1.807) is 0 Å². The molecule has 17 heavy (non-hydrogen) atoms. The highest BCUT2D eigenvalue weighted by atomic mass is 79.9. The molecule has 4 heteroatoms. The molecule has 0 bridgehead atoms. The highest BCUT2D eigenvalue weighted by molar-refractivity contribution is 9.10. The fourth-order valence-electron chi connectivity index (χ4n) is 2.47. The van der Waals surface area contributed by atoms with Crippen LogP contribution in [0.2, 0.25) is 0 Å². The Bertz CT molecular complexity index is 422. The summed E-state index contributed by atoms with van der Waals surface area (Å²) >= 11 is 3.43. The Morgan fingerprint density at radius 2 is 1.88 bits per heavy atom. The largest absolute Gasteiger partial charge is 0.398 e. The SMILES string of the molecule is Cc1cc(Br)cc(C2CCC(F)(F)CC2)c1N. The summed E-state index contributed by atoms with van der Waals surface area (Å²) in [6, 6.07) is 3.92. The maximum absolute atomic E-state index is 13.1. The Morgan fingerprint density at radius 1 is 1.29 bits per heavy atom. The molecule has 0 aromatic heterocycles. The Morgan fingerprint density at radius 3 is 2.47 bits per heavy atom. The van der Waals surface area contributed by atoms with E-state index in [1.165, 1.54) is 0 Å². The van der Waals surface area contributed by atoms with Crippen LogP contribution in [0.4, 0.5) is 14.5 Å². The molecule has 0 heterocycles. The van der Waals surface area contributed by atoms with Gasteiger partial charge in [-0.25, -0.2) is 8.78 Å². The zero-order valence-electron chi connectivity index (χ0n) is 9.77. The molecule has 1 fully saturated rings. The third kappa shape index (κ3) is 2.79. The zero-order chi connectivity index (χ0) is 12.6. The smallest absolute Gasteiger partial charge is 0.248 e. The normalized spacial score (nSPS) is 20.5. The molecule has 0 aliphatic heterocycles. The highest BCUT2D eigenvalue weighted by Gasteiger charge is 2.35. The Hall–Kier alpha value is -0.640. The summed E-state index contributed by atoms with van der Waals surface area (Å²) < 4.78 is 27.2. The molecule has 2 N–H and O–H groups in total. The van der Waals surface area contributed by atoms with Gasteiger partial charge in [0, 0.05) is 23.0 Å². The predicted molar refractivity (Wildman–Crippen MR) is 69.4 cm³/mol. The number of rotatable bonds is 1. The van der Waals surface area contributed by atoms with Crippen molar-refractivity contribution >= 4 is 21.6 Å². The highest BCUT2D eigenvalue weighted by Crippen LogP contribution is 2.43. The molecule has 1 nitrogen and oxygen atoms in total. The third-order valence-electron chi connectivity index (χ3n) is 3.54. The van der Waals surface area contributed by atoms with Crippen LogP contribution in [0.3, 0.4) is 0 Å². The van der Waals surface area contributed by atoms with E-state index >= 15 is 0 Å². The van der Waals surface area contributed by atoms with Gasteiger partial charge in [-0.1, -0.05) is 15.9 Å². The molecule has 1 saturated carbocycles. The lowest BCUT2D eigenvalue weighted by Crippen LogP contribution is -2.24. The van der Waals surface area contributed by atoms with Gasteiger partial charge < -0.3 is 5.73 Å². The van der Waals surface area contributed by atoms with E-state index in [1.807, 2.05) is 19.1 Å². The van der Waals surface area contributed by atoms with Crippen molar-refractivity contribution in [1.82, 2.24) is 0 Å². The molecule has 0 radical (unpaired) electrons. The van der Waals surface area contributed by atoms with Crippen LogP contribution < -0.4 is 5.73 Å². The molecule has 0 spiro atoms. The van der Waals surface area contributed by atoms with Gasteiger partial charge in [-0.3, -0.25) is 0 Å². The van der Waals surface area contributed by atoms with Crippen LogP contribution >= 0.6 is 15.9 Å². The second kappa shape index (κ2) is 4.56. The summed E-state index contributed by atoms with van der Waals surface area (Å²) in [7, 11) is 0. The lowest BCUT2D eigenvalue weighted by molar-refractivity contribution is -0.0381. The summed E-state index contributed by atoms with van der Waals surface area (Å²) in [5.74, 6) is -2.31. The monoisotopic (exact) mass is 303 g/mol. The first-order valence-corrected chi connectivity index (χ1v) is 6.62. The number of nitrogens with two attached hydrogens (primary N) is 1. The number of hydrogen-bond acceptors (Lipinski definition) is 1. The van der Waals surface area contributed by atoms with Crippen LogP contribution in [0.1, 0.15) is 42.7 Å². The first-order valence-electron chi connectivity index (χ1n) is 5.82. The molecule has 1 aliphatic carbocycles. The van der Waals surface area contributed by atoms with Crippen molar-refractivity contribution in [3.8, 4) is 0 Å². The van der Waals surface area contributed by atoms with Crippen molar-refractivity contribution in [2.45, 2.75) is 44.4 Å². The predicted octanol–water partition coefficient (Wildman–Crippen LogP) is 4.63. The summed E-state index contributed by atoms with van der Waals surface area (Å²) in [5.41, 5.74) is 8.82. The van der Waals surface area contributed by atoms with E-state index in [0.29, 0.717) is 12.8 Å². The van der Waals surface area contributed by atoms with Gasteiger partial charge in [-0.15, -0.1) is 0 Å². The third-order valence-corrected chi connectivity index (χ3v) is 4.00. The van der Waals surface area contributed by atoms with Gasteiger partial charge in [-0.05, 0) is 48.9 Å². The lowest BCUT2D eigenvalue weighted by Gasteiger charge is -2.29. The van der Waals surface area contributed by atoms with Crippen LogP contribution in [0.5, 0.6) is 0 Å². The van der Waals surface area contributed by atoms with Crippen molar-refractivity contribution in [3.63, 3.8) is 0 Å². The van der Waals surface area contributed by atoms with Crippen molar-refractivity contribution < 1.29 is 8.78 Å². The number of nitrogen functional groups attached to an aromatic ring is 1. The molecule has 2 rings (SSSR count). The van der Waals surface area contributed by atoms with Crippen molar-refractivity contribution in [2.75, 3.05) is 5.73 Å². The topological polar surface area (TPSA) is 26.0 Å². The van der Waals surface area contributed by atoms with Crippen LogP contribution in [-0.2, 0) is 0 Å². The Kier molecular flexibility index (Phi) is 3.43. The average molecular weight is 304 g/mol.